The van der Waals surface area contributed by atoms with Crippen molar-refractivity contribution in [3.63, 3.8) is 0 Å². The van der Waals surface area contributed by atoms with Gasteiger partial charge < -0.3 is 4.74 Å². The molecule has 0 radical (unpaired) electrons. The van der Waals surface area contributed by atoms with E-state index in [4.69, 9.17) is 4.74 Å². The molecule has 2 aliphatic rings. The normalized spacial score (nSPS) is 37.5. The first-order valence-corrected chi connectivity index (χ1v) is 6.45. The molecule has 1 spiro atoms. The van der Waals surface area contributed by atoms with E-state index in [2.05, 4.69) is 6.92 Å². The highest BCUT2D eigenvalue weighted by atomic mass is 16.5. The number of rotatable bonds is 0. The summed E-state index contributed by atoms with van der Waals surface area (Å²) in [6, 6.07) is 0. The summed E-state index contributed by atoms with van der Waals surface area (Å²) in [6.45, 7) is 7.39. The second kappa shape index (κ2) is 5.75. The fourth-order valence-electron chi connectivity index (χ4n) is 2.59. The minimum atomic E-state index is 0.338. The Kier molecular flexibility index (Phi) is 4.94. The molecule has 1 saturated carbocycles. The summed E-state index contributed by atoms with van der Waals surface area (Å²) in [5.74, 6) is 0.946. The molecule has 1 aliphatic heterocycles. The van der Waals surface area contributed by atoms with Crippen LogP contribution in [-0.2, 0) is 4.74 Å². The lowest BCUT2D eigenvalue weighted by Crippen LogP contribution is -2.39. The molecule has 2 rings (SSSR count). The molecule has 14 heavy (non-hydrogen) atoms. The van der Waals surface area contributed by atoms with Gasteiger partial charge in [0.2, 0.25) is 0 Å². The third-order valence-electron chi connectivity index (χ3n) is 3.62. The highest BCUT2D eigenvalue weighted by molar-refractivity contribution is 4.88. The van der Waals surface area contributed by atoms with E-state index in [1.807, 2.05) is 13.8 Å². The van der Waals surface area contributed by atoms with Crippen molar-refractivity contribution in [2.24, 2.45) is 5.92 Å². The summed E-state index contributed by atoms with van der Waals surface area (Å²) in [5, 5.41) is 0. The summed E-state index contributed by atoms with van der Waals surface area (Å²) in [6.07, 6.45) is 9.45. The lowest BCUT2D eigenvalue weighted by molar-refractivity contribution is -0.105. The van der Waals surface area contributed by atoms with Crippen molar-refractivity contribution in [2.45, 2.75) is 71.3 Å². The van der Waals surface area contributed by atoms with Crippen molar-refractivity contribution in [1.82, 2.24) is 0 Å². The molecule has 0 aromatic rings. The second-order valence-electron chi connectivity index (χ2n) is 4.67. The van der Waals surface area contributed by atoms with Gasteiger partial charge in [-0.1, -0.05) is 20.8 Å². The van der Waals surface area contributed by atoms with E-state index in [-0.39, 0.29) is 0 Å². The number of hydrogen-bond acceptors (Lipinski definition) is 1. The van der Waals surface area contributed by atoms with E-state index in [1.54, 1.807) is 0 Å². The third-order valence-corrected chi connectivity index (χ3v) is 3.62. The first-order valence-electron chi connectivity index (χ1n) is 6.45. The van der Waals surface area contributed by atoms with Gasteiger partial charge in [-0.2, -0.15) is 0 Å². The molecule has 0 atom stereocenters. The van der Waals surface area contributed by atoms with E-state index in [1.165, 1.54) is 44.9 Å². The van der Waals surface area contributed by atoms with E-state index < -0.39 is 0 Å². The van der Waals surface area contributed by atoms with Crippen LogP contribution < -0.4 is 0 Å². The lowest BCUT2D eigenvalue weighted by atomic mass is 9.76. The van der Waals surface area contributed by atoms with E-state index in [9.17, 15) is 0 Å². The molecule has 1 heterocycles. The standard InChI is InChI=1S/C11H20O.C2H6/c1-10-4-7-11(8-5-10)6-2-3-9-12-11;1-2/h10H,2-9H2,1H3;1-2H3. The second-order valence-corrected chi connectivity index (χ2v) is 4.67. The van der Waals surface area contributed by atoms with Gasteiger partial charge in [-0.05, 0) is 50.9 Å². The Morgan fingerprint density at radius 3 is 2.14 bits per heavy atom. The van der Waals surface area contributed by atoms with Crippen molar-refractivity contribution in [1.29, 1.82) is 0 Å². The summed E-state index contributed by atoms with van der Waals surface area (Å²) >= 11 is 0. The van der Waals surface area contributed by atoms with Crippen LogP contribution in [0, 0.1) is 5.92 Å². The maximum Gasteiger partial charge on any atom is 0.0682 e. The average molecular weight is 198 g/mol. The minimum absolute atomic E-state index is 0.338. The van der Waals surface area contributed by atoms with Crippen molar-refractivity contribution < 1.29 is 4.74 Å². The molecule has 2 fully saturated rings. The van der Waals surface area contributed by atoms with Crippen LogP contribution in [0.5, 0.6) is 0 Å². The zero-order valence-corrected chi connectivity index (χ0v) is 10.1. The minimum Gasteiger partial charge on any atom is -0.375 e. The quantitative estimate of drug-likeness (QED) is 0.568. The van der Waals surface area contributed by atoms with Gasteiger partial charge in [0.1, 0.15) is 0 Å². The van der Waals surface area contributed by atoms with Gasteiger partial charge in [-0.15, -0.1) is 0 Å². The Morgan fingerprint density at radius 1 is 1.00 bits per heavy atom. The Morgan fingerprint density at radius 2 is 1.64 bits per heavy atom. The SMILES string of the molecule is CC.CC1CCC2(CCCCO2)CC1. The molecule has 0 aromatic carbocycles. The van der Waals surface area contributed by atoms with Gasteiger partial charge in [0.25, 0.3) is 0 Å². The molecular weight excluding hydrogens is 172 g/mol. The van der Waals surface area contributed by atoms with Crippen molar-refractivity contribution in [3.8, 4) is 0 Å². The maximum atomic E-state index is 5.95. The lowest BCUT2D eigenvalue weighted by Gasteiger charge is -2.42. The van der Waals surface area contributed by atoms with Crippen LogP contribution in [0.4, 0.5) is 0 Å². The molecule has 0 aromatic heterocycles. The van der Waals surface area contributed by atoms with Gasteiger partial charge in [0, 0.05) is 6.61 Å². The molecule has 0 unspecified atom stereocenters. The van der Waals surface area contributed by atoms with Crippen molar-refractivity contribution in [3.05, 3.63) is 0 Å². The number of ether oxygens (including phenoxy) is 1. The molecule has 1 saturated heterocycles. The molecule has 1 heteroatoms. The molecule has 0 bridgehead atoms. The monoisotopic (exact) mass is 198 g/mol. The largest absolute Gasteiger partial charge is 0.375 e. The summed E-state index contributed by atoms with van der Waals surface area (Å²) in [5.41, 5.74) is 0.338. The zero-order valence-electron chi connectivity index (χ0n) is 10.1. The van der Waals surface area contributed by atoms with Crippen LogP contribution >= 0.6 is 0 Å². The fraction of sp³-hybridized carbons (Fsp3) is 1.00. The van der Waals surface area contributed by atoms with Crippen LogP contribution in [0.1, 0.15) is 65.7 Å². The topological polar surface area (TPSA) is 9.23 Å². The molecule has 1 nitrogen and oxygen atoms in total. The van der Waals surface area contributed by atoms with Gasteiger partial charge in [-0.3, -0.25) is 0 Å². The van der Waals surface area contributed by atoms with Crippen molar-refractivity contribution >= 4 is 0 Å². The van der Waals surface area contributed by atoms with Crippen LogP contribution in [0.3, 0.4) is 0 Å². The Bertz CT molecular complexity index is 137. The highest BCUT2D eigenvalue weighted by Crippen LogP contribution is 2.40. The van der Waals surface area contributed by atoms with Gasteiger partial charge in [0.15, 0.2) is 0 Å². The Balaban J connectivity index is 0.000000461. The average Bonchev–Trinajstić information content (AvgIpc) is 2.27. The third kappa shape index (κ3) is 2.98. The number of hydrogen-bond donors (Lipinski definition) is 0. The predicted octanol–water partition coefficient (Wildman–Crippen LogP) is 4.16. The van der Waals surface area contributed by atoms with E-state index >= 15 is 0 Å². The zero-order chi connectivity index (χ0) is 10.4. The van der Waals surface area contributed by atoms with Gasteiger partial charge >= 0.3 is 0 Å². The van der Waals surface area contributed by atoms with E-state index in [0.29, 0.717) is 5.60 Å². The summed E-state index contributed by atoms with van der Waals surface area (Å²) in [4.78, 5) is 0. The fourth-order valence-corrected chi connectivity index (χ4v) is 2.59. The first-order chi connectivity index (χ1) is 6.81. The predicted molar refractivity (Wildman–Crippen MR) is 61.5 cm³/mol. The molecule has 0 amide bonds. The van der Waals surface area contributed by atoms with Crippen molar-refractivity contribution in [2.75, 3.05) is 6.61 Å². The molecular formula is C13H26O. The van der Waals surface area contributed by atoms with Crippen LogP contribution in [-0.4, -0.2) is 12.2 Å². The Hall–Kier alpha value is -0.0400. The van der Waals surface area contributed by atoms with E-state index in [0.717, 1.165) is 12.5 Å². The highest BCUT2D eigenvalue weighted by Gasteiger charge is 2.36. The first kappa shape index (κ1) is 12.0. The van der Waals surface area contributed by atoms with Gasteiger partial charge in [0.05, 0.1) is 5.60 Å². The molecule has 1 aliphatic carbocycles. The van der Waals surface area contributed by atoms with Crippen LogP contribution in [0.15, 0.2) is 0 Å². The smallest absolute Gasteiger partial charge is 0.0682 e. The maximum absolute atomic E-state index is 5.95. The molecule has 84 valence electrons. The Labute approximate surface area is 89.2 Å². The summed E-state index contributed by atoms with van der Waals surface area (Å²) < 4.78 is 5.95. The summed E-state index contributed by atoms with van der Waals surface area (Å²) in [7, 11) is 0. The van der Waals surface area contributed by atoms with Crippen LogP contribution in [0.2, 0.25) is 0 Å². The molecule has 0 N–H and O–H groups in total. The van der Waals surface area contributed by atoms with Gasteiger partial charge in [-0.25, -0.2) is 0 Å². The van der Waals surface area contributed by atoms with Crippen LogP contribution in [0.25, 0.3) is 0 Å².